The van der Waals surface area contributed by atoms with Gasteiger partial charge in [-0.25, -0.2) is 0 Å². The van der Waals surface area contributed by atoms with Crippen molar-refractivity contribution in [2.45, 2.75) is 0 Å². The molecule has 2 nitrogen and oxygen atoms in total. The molecule has 0 spiro atoms. The summed E-state index contributed by atoms with van der Waals surface area (Å²) in [6.07, 6.45) is 0. The molecule has 0 saturated carbocycles. The van der Waals surface area contributed by atoms with Crippen LogP contribution in [0.15, 0.2) is 42.5 Å². The van der Waals surface area contributed by atoms with Gasteiger partial charge in [-0.2, -0.15) is 0 Å². The van der Waals surface area contributed by atoms with E-state index in [-0.39, 0.29) is 0 Å². The molecule has 0 saturated heterocycles. The van der Waals surface area contributed by atoms with Crippen LogP contribution in [0.1, 0.15) is 0 Å². The summed E-state index contributed by atoms with van der Waals surface area (Å²) in [6.45, 7) is 0. The lowest BCUT2D eigenvalue weighted by molar-refractivity contribution is 1.45. The molecule has 0 radical (unpaired) electrons. The number of hydrogen-bond acceptors (Lipinski definition) is 2. The molecule has 0 amide bonds. The fourth-order valence-electron chi connectivity index (χ4n) is 1.72. The number of anilines is 4. The van der Waals surface area contributed by atoms with E-state index in [1.54, 1.807) is 0 Å². The minimum absolute atomic E-state index is 0.738. The third-order valence-electron chi connectivity index (χ3n) is 2.45. The summed E-state index contributed by atoms with van der Waals surface area (Å²) in [5.74, 6) is 0. The zero-order valence-corrected chi connectivity index (χ0v) is 8.68. The molecule has 15 heavy (non-hydrogen) atoms. The first-order valence-electron chi connectivity index (χ1n) is 4.75. The molecule has 0 aliphatic carbocycles. The van der Waals surface area contributed by atoms with Crippen LogP contribution in [0.2, 0.25) is 5.02 Å². The number of nitrogens with one attached hydrogen (secondary N) is 2. The number of benzene rings is 2. The summed E-state index contributed by atoms with van der Waals surface area (Å²) < 4.78 is 0. The maximum absolute atomic E-state index is 5.94. The highest BCUT2D eigenvalue weighted by molar-refractivity contribution is 6.31. The molecule has 1 aliphatic heterocycles. The maximum atomic E-state index is 5.94. The van der Waals surface area contributed by atoms with E-state index in [2.05, 4.69) is 10.6 Å². The Morgan fingerprint density at radius 3 is 2.07 bits per heavy atom. The zero-order valence-electron chi connectivity index (χ0n) is 7.92. The molecule has 2 aromatic carbocycles. The average Bonchev–Trinajstić information content (AvgIpc) is 2.26. The van der Waals surface area contributed by atoms with Crippen LogP contribution in [0.4, 0.5) is 22.7 Å². The highest BCUT2D eigenvalue weighted by atomic mass is 35.5. The fraction of sp³-hybridized carbons (Fsp3) is 0. The molecular weight excluding hydrogens is 208 g/mol. The second kappa shape index (κ2) is 3.17. The smallest absolute Gasteiger partial charge is 0.0639 e. The predicted molar refractivity (Wildman–Crippen MR) is 64.5 cm³/mol. The Morgan fingerprint density at radius 1 is 0.733 bits per heavy atom. The first-order chi connectivity index (χ1) is 7.33. The lowest BCUT2D eigenvalue weighted by Crippen LogP contribution is -2.05. The van der Waals surface area contributed by atoms with Crippen molar-refractivity contribution in [3.63, 3.8) is 0 Å². The van der Waals surface area contributed by atoms with Crippen LogP contribution in [0.25, 0.3) is 0 Å². The molecule has 0 bridgehead atoms. The van der Waals surface area contributed by atoms with E-state index in [9.17, 15) is 0 Å². The summed E-state index contributed by atoms with van der Waals surface area (Å²) >= 11 is 5.94. The first-order valence-corrected chi connectivity index (χ1v) is 5.13. The van der Waals surface area contributed by atoms with Crippen LogP contribution < -0.4 is 10.6 Å². The van der Waals surface area contributed by atoms with Gasteiger partial charge in [-0.05, 0) is 30.3 Å². The Bertz CT molecular complexity index is 523. The summed E-state index contributed by atoms with van der Waals surface area (Å²) in [5.41, 5.74) is 4.24. The molecule has 2 aromatic rings. The van der Waals surface area contributed by atoms with Crippen LogP contribution in [0.3, 0.4) is 0 Å². The average molecular weight is 217 g/mol. The largest absolute Gasteiger partial charge is 0.352 e. The van der Waals surface area contributed by atoms with Gasteiger partial charge in [0.2, 0.25) is 0 Å². The van der Waals surface area contributed by atoms with Gasteiger partial charge in [0.05, 0.1) is 22.7 Å². The summed E-state index contributed by atoms with van der Waals surface area (Å²) in [5, 5.41) is 7.42. The molecule has 3 rings (SSSR count). The van der Waals surface area contributed by atoms with Gasteiger partial charge in [0.15, 0.2) is 0 Å². The lowest BCUT2D eigenvalue weighted by Gasteiger charge is -2.22. The Hall–Kier alpha value is -1.67. The van der Waals surface area contributed by atoms with Crippen molar-refractivity contribution in [1.29, 1.82) is 0 Å². The van der Waals surface area contributed by atoms with Crippen LogP contribution in [-0.2, 0) is 0 Å². The maximum Gasteiger partial charge on any atom is 0.0639 e. The highest BCUT2D eigenvalue weighted by Crippen LogP contribution is 2.38. The van der Waals surface area contributed by atoms with Crippen LogP contribution in [0.5, 0.6) is 0 Å². The van der Waals surface area contributed by atoms with Crippen molar-refractivity contribution in [3.05, 3.63) is 47.5 Å². The number of hydrogen-bond donors (Lipinski definition) is 2. The standard InChI is InChI=1S/C12H9ClN2/c13-8-5-6-11-12(7-8)15-10-4-2-1-3-9(10)14-11/h1-7,14-15H. The van der Waals surface area contributed by atoms with Gasteiger partial charge < -0.3 is 10.6 Å². The van der Waals surface area contributed by atoms with Gasteiger partial charge in [-0.1, -0.05) is 23.7 Å². The Balaban J connectivity index is 2.11. The van der Waals surface area contributed by atoms with Crippen LogP contribution in [0, 0.1) is 0 Å². The molecule has 3 heteroatoms. The van der Waals surface area contributed by atoms with Gasteiger partial charge in [-0.15, -0.1) is 0 Å². The van der Waals surface area contributed by atoms with E-state index < -0.39 is 0 Å². The number of rotatable bonds is 0. The van der Waals surface area contributed by atoms with E-state index in [0.29, 0.717) is 0 Å². The van der Waals surface area contributed by atoms with E-state index in [1.807, 2.05) is 42.5 Å². The zero-order chi connectivity index (χ0) is 10.3. The molecule has 74 valence electrons. The molecule has 1 heterocycles. The molecule has 1 aliphatic rings. The van der Waals surface area contributed by atoms with E-state index in [4.69, 9.17) is 11.6 Å². The quantitative estimate of drug-likeness (QED) is 0.590. The van der Waals surface area contributed by atoms with Crippen LogP contribution in [-0.4, -0.2) is 0 Å². The molecular formula is C12H9ClN2. The van der Waals surface area contributed by atoms with Gasteiger partial charge >= 0.3 is 0 Å². The van der Waals surface area contributed by atoms with E-state index in [0.717, 1.165) is 27.8 Å². The lowest BCUT2D eigenvalue weighted by atomic mass is 10.1. The molecule has 2 N–H and O–H groups in total. The fourth-order valence-corrected chi connectivity index (χ4v) is 1.89. The minimum atomic E-state index is 0.738. The van der Waals surface area contributed by atoms with Crippen molar-refractivity contribution in [2.24, 2.45) is 0 Å². The van der Waals surface area contributed by atoms with Crippen molar-refractivity contribution < 1.29 is 0 Å². The second-order valence-electron chi connectivity index (χ2n) is 3.49. The van der Waals surface area contributed by atoms with Crippen molar-refractivity contribution in [3.8, 4) is 0 Å². The first kappa shape index (κ1) is 8.62. The van der Waals surface area contributed by atoms with Gasteiger partial charge in [0, 0.05) is 5.02 Å². The Morgan fingerprint density at radius 2 is 1.33 bits per heavy atom. The Kier molecular flexibility index (Phi) is 1.82. The third-order valence-corrected chi connectivity index (χ3v) is 2.68. The monoisotopic (exact) mass is 216 g/mol. The van der Waals surface area contributed by atoms with Crippen molar-refractivity contribution in [2.75, 3.05) is 10.6 Å². The SMILES string of the molecule is Clc1ccc2c(c1)Nc1ccccc1N2. The molecule has 0 atom stereocenters. The topological polar surface area (TPSA) is 24.1 Å². The van der Waals surface area contributed by atoms with Crippen molar-refractivity contribution >= 4 is 34.4 Å². The number of halogens is 1. The summed E-state index contributed by atoms with van der Waals surface area (Å²) in [4.78, 5) is 0. The van der Waals surface area contributed by atoms with Crippen LogP contribution >= 0.6 is 11.6 Å². The normalized spacial score (nSPS) is 12.1. The second-order valence-corrected chi connectivity index (χ2v) is 3.92. The highest BCUT2D eigenvalue weighted by Gasteiger charge is 2.12. The number of fused-ring (bicyclic) bond motifs is 2. The molecule has 0 fully saturated rings. The predicted octanol–water partition coefficient (Wildman–Crippen LogP) is 4.14. The van der Waals surface area contributed by atoms with Gasteiger partial charge in [-0.3, -0.25) is 0 Å². The Labute approximate surface area is 92.9 Å². The third kappa shape index (κ3) is 1.43. The van der Waals surface area contributed by atoms with E-state index in [1.165, 1.54) is 0 Å². The number of para-hydroxylation sites is 2. The summed E-state index contributed by atoms with van der Waals surface area (Å²) in [6, 6.07) is 13.9. The molecule has 0 aromatic heterocycles. The van der Waals surface area contributed by atoms with E-state index >= 15 is 0 Å². The van der Waals surface area contributed by atoms with Crippen molar-refractivity contribution in [1.82, 2.24) is 0 Å². The molecule has 0 unspecified atom stereocenters. The van der Waals surface area contributed by atoms with Gasteiger partial charge in [0.25, 0.3) is 0 Å². The minimum Gasteiger partial charge on any atom is -0.352 e. The summed E-state index contributed by atoms with van der Waals surface area (Å²) in [7, 11) is 0. The van der Waals surface area contributed by atoms with Gasteiger partial charge in [0.1, 0.15) is 0 Å².